The molecule has 0 spiro atoms. The molecule has 2 aromatic rings. The van der Waals surface area contributed by atoms with Crippen molar-refractivity contribution in [1.29, 1.82) is 0 Å². The molecule has 12 heteroatoms. The zero-order chi connectivity index (χ0) is 29.2. The number of carbonyl (C=O) groups is 4. The summed E-state index contributed by atoms with van der Waals surface area (Å²) in [4.78, 5) is 59.7. The van der Waals surface area contributed by atoms with Crippen molar-refractivity contribution in [3.8, 4) is 11.5 Å². The third-order valence-electron chi connectivity index (χ3n) is 5.52. The van der Waals surface area contributed by atoms with Gasteiger partial charge in [-0.2, -0.15) is 0 Å². The summed E-state index contributed by atoms with van der Waals surface area (Å²) in [5, 5.41) is 0. The third-order valence-corrected chi connectivity index (χ3v) is 5.52. The highest BCUT2D eigenvalue weighted by molar-refractivity contribution is 6.39. The number of nitrogens with zero attached hydrogens (tertiary/aromatic N) is 2. The van der Waals surface area contributed by atoms with E-state index in [0.29, 0.717) is 5.56 Å². The highest BCUT2D eigenvalue weighted by Crippen LogP contribution is 2.30. The minimum absolute atomic E-state index is 0.0576. The van der Waals surface area contributed by atoms with E-state index in [1.807, 2.05) is 0 Å². The van der Waals surface area contributed by atoms with Gasteiger partial charge in [-0.3, -0.25) is 9.59 Å². The molecule has 2 heterocycles. The average molecular weight is 555 g/mol. The number of amides is 1. The van der Waals surface area contributed by atoms with Gasteiger partial charge in [-0.25, -0.2) is 19.6 Å². The molecule has 12 nitrogen and oxygen atoms in total. The van der Waals surface area contributed by atoms with E-state index >= 15 is 0 Å². The lowest BCUT2D eigenvalue weighted by Crippen LogP contribution is -2.38. The highest BCUT2D eigenvalue weighted by Gasteiger charge is 2.37. The van der Waals surface area contributed by atoms with Gasteiger partial charge in [0.2, 0.25) is 0 Å². The van der Waals surface area contributed by atoms with Gasteiger partial charge in [-0.05, 0) is 18.6 Å². The number of aromatic nitrogens is 1. The second-order valence-electron chi connectivity index (χ2n) is 8.81. The Bertz CT molecular complexity index is 1300. The van der Waals surface area contributed by atoms with Crippen molar-refractivity contribution < 1.29 is 47.6 Å². The van der Waals surface area contributed by atoms with Gasteiger partial charge < -0.3 is 28.4 Å². The van der Waals surface area contributed by atoms with Crippen LogP contribution in [0.4, 0.5) is 0 Å². The van der Waals surface area contributed by atoms with Crippen molar-refractivity contribution in [3.05, 3.63) is 59.4 Å². The molecule has 1 aromatic carbocycles. The number of cyclic esters (lactones) is 2. The zero-order valence-electron chi connectivity index (χ0n) is 22.7. The lowest BCUT2D eigenvalue weighted by atomic mass is 10.0. The number of ether oxygens (including phenoxy) is 6. The second-order valence-corrected chi connectivity index (χ2v) is 8.81. The van der Waals surface area contributed by atoms with E-state index in [4.69, 9.17) is 28.4 Å². The minimum Gasteiger partial charge on any atom is -0.493 e. The Kier molecular flexibility index (Phi) is 10.5. The second kappa shape index (κ2) is 14.0. The molecule has 2 atom stereocenters. The Balaban J connectivity index is 2.01. The van der Waals surface area contributed by atoms with Crippen LogP contribution in [0.2, 0.25) is 0 Å². The maximum atomic E-state index is 13.2. The molecule has 0 radical (unpaired) electrons. The lowest BCUT2D eigenvalue weighted by Gasteiger charge is -2.25. The van der Waals surface area contributed by atoms with Gasteiger partial charge in [0.15, 0.2) is 35.8 Å². The van der Waals surface area contributed by atoms with Crippen LogP contribution in [0.25, 0.3) is 6.08 Å². The first-order chi connectivity index (χ1) is 19.2. The number of hydrogen-bond acceptors (Lipinski definition) is 11. The first-order valence-electron chi connectivity index (χ1n) is 12.3. The summed E-state index contributed by atoms with van der Waals surface area (Å²) in [5.74, 6) is -3.95. The molecular weight excluding hydrogens is 524 g/mol. The molecule has 1 fully saturated rings. The summed E-state index contributed by atoms with van der Waals surface area (Å²) < 4.78 is 32.0. The minimum atomic E-state index is -1.30. The van der Waals surface area contributed by atoms with E-state index in [2.05, 4.69) is 9.98 Å². The number of pyridine rings is 1. The van der Waals surface area contributed by atoms with Crippen LogP contribution >= 0.6 is 0 Å². The molecule has 1 aliphatic rings. The summed E-state index contributed by atoms with van der Waals surface area (Å²) >= 11 is 0. The smallest absolute Gasteiger partial charge is 0.356 e. The summed E-state index contributed by atoms with van der Waals surface area (Å²) in [5.41, 5.74) is -0.223. The quantitative estimate of drug-likeness (QED) is 0.205. The summed E-state index contributed by atoms with van der Waals surface area (Å²) in [6.45, 7) is 3.78. The standard InChI is InChI=1S/C28H30N2O10/c1-16(2)26(32)40-23-17(3)39-28(34)20(14-37-27(33)19(23)13-18-9-7-6-8-10-18)30-25(31)22-24(38-15-35-4)21(36-5)11-12-29-22/h6-13,16-17,23H,14-15H2,1-5H3/b19-13+,30-20?/t17-,23-/m0/s1. The summed E-state index contributed by atoms with van der Waals surface area (Å²) in [6.07, 6.45) is 0.337. The number of carbonyl (C=O) groups excluding carboxylic acids is 4. The van der Waals surface area contributed by atoms with Crippen LogP contribution in [-0.2, 0) is 33.3 Å². The molecule has 3 rings (SSSR count). The van der Waals surface area contributed by atoms with Crippen molar-refractivity contribution in [3.63, 3.8) is 0 Å². The molecule has 1 aromatic heterocycles. The first kappa shape index (κ1) is 30.0. The zero-order valence-corrected chi connectivity index (χ0v) is 22.7. The molecule has 1 saturated heterocycles. The Hall–Kier alpha value is -4.58. The SMILES string of the molecule is COCOc1c(OC)ccnc1C(=O)N=C1COC(=O)/C(=C/c2ccccc2)[C@@H](OC(=O)C(C)C)[C@H](C)OC1=O. The van der Waals surface area contributed by atoms with E-state index in [1.54, 1.807) is 44.2 Å². The van der Waals surface area contributed by atoms with Gasteiger partial charge in [0.1, 0.15) is 12.7 Å². The molecule has 212 valence electrons. The number of hydrogen-bond donors (Lipinski definition) is 0. The average Bonchev–Trinajstić information content (AvgIpc) is 2.98. The van der Waals surface area contributed by atoms with Crippen LogP contribution < -0.4 is 9.47 Å². The van der Waals surface area contributed by atoms with Gasteiger partial charge in [0, 0.05) is 19.4 Å². The Morgan fingerprint density at radius 3 is 2.50 bits per heavy atom. The summed E-state index contributed by atoms with van der Waals surface area (Å²) in [7, 11) is 2.76. The summed E-state index contributed by atoms with van der Waals surface area (Å²) in [6, 6.07) is 10.3. The third kappa shape index (κ3) is 7.50. The van der Waals surface area contributed by atoms with Crippen molar-refractivity contribution in [2.24, 2.45) is 10.9 Å². The maximum Gasteiger partial charge on any atom is 0.356 e. The lowest BCUT2D eigenvalue weighted by molar-refractivity contribution is -0.163. The molecule has 1 aliphatic heterocycles. The number of benzene rings is 1. The molecule has 40 heavy (non-hydrogen) atoms. The van der Waals surface area contributed by atoms with E-state index in [1.165, 1.54) is 39.5 Å². The van der Waals surface area contributed by atoms with Gasteiger partial charge >= 0.3 is 17.9 Å². The predicted octanol–water partition coefficient (Wildman–Crippen LogP) is 2.79. The van der Waals surface area contributed by atoms with Crippen LogP contribution in [0.3, 0.4) is 0 Å². The normalized spacial score (nSPS) is 19.8. The van der Waals surface area contributed by atoms with Crippen molar-refractivity contribution in [1.82, 2.24) is 4.98 Å². The van der Waals surface area contributed by atoms with Crippen LogP contribution in [0.1, 0.15) is 36.8 Å². The Morgan fingerprint density at radius 2 is 1.85 bits per heavy atom. The molecule has 0 bridgehead atoms. The Labute approximate surface area is 230 Å². The highest BCUT2D eigenvalue weighted by atomic mass is 16.7. The van der Waals surface area contributed by atoms with Crippen LogP contribution in [0.15, 0.2) is 53.2 Å². The fourth-order valence-electron chi connectivity index (χ4n) is 3.49. The number of methoxy groups -OCH3 is 2. The number of aliphatic imine (C=N–C) groups is 1. The first-order valence-corrected chi connectivity index (χ1v) is 12.3. The van der Waals surface area contributed by atoms with Gasteiger partial charge in [0.25, 0.3) is 5.91 Å². The van der Waals surface area contributed by atoms with Crippen molar-refractivity contribution in [2.75, 3.05) is 27.6 Å². The van der Waals surface area contributed by atoms with Crippen LogP contribution in [0.5, 0.6) is 11.5 Å². The topological polar surface area (TPSA) is 149 Å². The van der Waals surface area contributed by atoms with Crippen LogP contribution in [0, 0.1) is 5.92 Å². The molecule has 0 unspecified atom stereocenters. The van der Waals surface area contributed by atoms with Crippen LogP contribution in [-0.4, -0.2) is 74.3 Å². The van der Waals surface area contributed by atoms with Gasteiger partial charge in [0.05, 0.1) is 18.6 Å². The molecule has 1 amide bonds. The maximum absolute atomic E-state index is 13.2. The largest absolute Gasteiger partial charge is 0.493 e. The van der Waals surface area contributed by atoms with E-state index in [0.717, 1.165) is 0 Å². The molecule has 0 aliphatic carbocycles. The number of rotatable bonds is 8. The van der Waals surface area contributed by atoms with Gasteiger partial charge in [-0.1, -0.05) is 44.2 Å². The monoisotopic (exact) mass is 554 g/mol. The number of esters is 3. The molecule has 0 N–H and O–H groups in total. The fraction of sp³-hybridized carbons (Fsp3) is 0.357. The Morgan fingerprint density at radius 1 is 1.12 bits per heavy atom. The molecular formula is C28H30N2O10. The van der Waals surface area contributed by atoms with E-state index in [-0.39, 0.29) is 29.6 Å². The van der Waals surface area contributed by atoms with Crippen molar-refractivity contribution >= 4 is 35.6 Å². The van der Waals surface area contributed by atoms with Gasteiger partial charge in [-0.15, -0.1) is 0 Å². The fourth-order valence-corrected chi connectivity index (χ4v) is 3.49. The van der Waals surface area contributed by atoms with E-state index in [9.17, 15) is 19.2 Å². The van der Waals surface area contributed by atoms with Crippen molar-refractivity contribution in [2.45, 2.75) is 33.0 Å². The molecule has 0 saturated carbocycles. The van der Waals surface area contributed by atoms with E-state index < -0.39 is 54.3 Å². The predicted molar refractivity (Wildman–Crippen MR) is 141 cm³/mol.